The molecule has 2 heterocycles. The second-order valence-corrected chi connectivity index (χ2v) is 5.74. The van der Waals surface area contributed by atoms with Crippen molar-refractivity contribution in [2.45, 2.75) is 13.5 Å². The summed E-state index contributed by atoms with van der Waals surface area (Å²) in [6.07, 6.45) is 3.72. The predicted octanol–water partition coefficient (Wildman–Crippen LogP) is 2.68. The molecule has 0 saturated carbocycles. The van der Waals surface area contributed by atoms with Crippen LogP contribution in [0.4, 0.5) is 5.69 Å². The first-order chi connectivity index (χ1) is 13.0. The molecular formula is C18H17N3O6. The van der Waals surface area contributed by atoms with Crippen molar-refractivity contribution in [3.63, 3.8) is 0 Å². The van der Waals surface area contributed by atoms with Crippen LogP contribution >= 0.6 is 0 Å². The van der Waals surface area contributed by atoms with Crippen LogP contribution in [0.15, 0.2) is 42.7 Å². The van der Waals surface area contributed by atoms with E-state index in [1.54, 1.807) is 6.20 Å². The van der Waals surface area contributed by atoms with E-state index in [2.05, 4.69) is 4.98 Å². The minimum Gasteiger partial charge on any atom is -0.490 e. The zero-order chi connectivity index (χ0) is 19.4. The highest BCUT2D eigenvalue weighted by atomic mass is 16.6. The van der Waals surface area contributed by atoms with E-state index in [1.807, 2.05) is 29.7 Å². The van der Waals surface area contributed by atoms with Gasteiger partial charge in [-0.05, 0) is 24.6 Å². The molecule has 1 aromatic carbocycles. The van der Waals surface area contributed by atoms with Crippen LogP contribution in [0.5, 0.6) is 11.5 Å². The lowest BCUT2D eigenvalue weighted by Crippen LogP contribution is -2.15. The molecule has 0 aliphatic heterocycles. The summed E-state index contributed by atoms with van der Waals surface area (Å²) < 4.78 is 17.3. The Balaban J connectivity index is 1.55. The molecule has 0 aliphatic carbocycles. The van der Waals surface area contributed by atoms with Crippen LogP contribution in [0.1, 0.15) is 11.3 Å². The molecule has 0 amide bonds. The average molecular weight is 371 g/mol. The highest BCUT2D eigenvalue weighted by molar-refractivity contribution is 5.71. The minimum atomic E-state index is -0.583. The molecule has 9 nitrogen and oxygen atoms in total. The van der Waals surface area contributed by atoms with Gasteiger partial charge in [0.2, 0.25) is 5.75 Å². The number of hydrogen-bond acceptors (Lipinski definition) is 7. The number of nitro groups is 1. The largest absolute Gasteiger partial charge is 0.490 e. The van der Waals surface area contributed by atoms with Crippen molar-refractivity contribution in [2.75, 3.05) is 13.7 Å². The third kappa shape index (κ3) is 4.32. The first-order valence-corrected chi connectivity index (χ1v) is 8.01. The number of ether oxygens (including phenoxy) is 3. The Bertz CT molecular complexity index is 998. The van der Waals surface area contributed by atoms with Gasteiger partial charge in [0, 0.05) is 24.5 Å². The van der Waals surface area contributed by atoms with Gasteiger partial charge >= 0.3 is 11.7 Å². The van der Waals surface area contributed by atoms with Crippen molar-refractivity contribution in [1.82, 2.24) is 9.38 Å². The highest BCUT2D eigenvalue weighted by Gasteiger charge is 2.16. The molecule has 0 spiro atoms. The van der Waals surface area contributed by atoms with Gasteiger partial charge in [-0.1, -0.05) is 6.07 Å². The molecular weight excluding hydrogens is 354 g/mol. The van der Waals surface area contributed by atoms with E-state index >= 15 is 0 Å². The number of imidazole rings is 1. The number of fused-ring (bicyclic) bond motifs is 1. The van der Waals surface area contributed by atoms with Gasteiger partial charge in [0.15, 0.2) is 6.61 Å². The Morgan fingerprint density at radius 1 is 1.26 bits per heavy atom. The van der Waals surface area contributed by atoms with Gasteiger partial charge in [-0.3, -0.25) is 10.1 Å². The third-order valence-corrected chi connectivity index (χ3v) is 3.73. The molecule has 0 N–H and O–H groups in total. The fourth-order valence-corrected chi connectivity index (χ4v) is 2.46. The van der Waals surface area contributed by atoms with Gasteiger partial charge in [-0.25, -0.2) is 9.78 Å². The molecule has 0 aliphatic rings. The number of nitro benzene ring substituents is 1. The normalized spacial score (nSPS) is 10.6. The van der Waals surface area contributed by atoms with E-state index in [4.69, 9.17) is 14.2 Å². The summed E-state index contributed by atoms with van der Waals surface area (Å²) in [5, 5.41) is 10.9. The van der Waals surface area contributed by atoms with E-state index in [0.29, 0.717) is 5.69 Å². The summed E-state index contributed by atoms with van der Waals surface area (Å²) in [5.74, 6) is -0.274. The van der Waals surface area contributed by atoms with Gasteiger partial charge < -0.3 is 18.6 Å². The standard InChI is InChI=1S/C18H17N3O6/c1-12-3-6-17-19-13(9-20(17)8-12)10-27-18(22)11-26-14-4-5-15(21(23)24)16(7-14)25-2/h3-9H,10-11H2,1-2H3. The highest BCUT2D eigenvalue weighted by Crippen LogP contribution is 2.30. The number of carbonyl (C=O) groups is 1. The molecule has 0 atom stereocenters. The number of pyridine rings is 1. The lowest BCUT2D eigenvalue weighted by Gasteiger charge is -2.08. The molecule has 0 bridgehead atoms. The number of benzene rings is 1. The number of aromatic nitrogens is 2. The Hall–Kier alpha value is -3.62. The van der Waals surface area contributed by atoms with Crippen LogP contribution in [-0.4, -0.2) is 34.0 Å². The van der Waals surface area contributed by atoms with Crippen LogP contribution in [0.2, 0.25) is 0 Å². The number of aryl methyl sites for hydroxylation is 1. The second kappa shape index (κ2) is 7.73. The van der Waals surface area contributed by atoms with Crippen molar-refractivity contribution in [3.8, 4) is 11.5 Å². The molecule has 140 valence electrons. The Morgan fingerprint density at radius 2 is 2.07 bits per heavy atom. The lowest BCUT2D eigenvalue weighted by molar-refractivity contribution is -0.385. The van der Waals surface area contributed by atoms with Crippen LogP contribution in [0, 0.1) is 17.0 Å². The zero-order valence-corrected chi connectivity index (χ0v) is 14.7. The average Bonchev–Trinajstić information content (AvgIpc) is 3.06. The van der Waals surface area contributed by atoms with Gasteiger partial charge in [0.25, 0.3) is 0 Å². The fraction of sp³-hybridized carbons (Fsp3) is 0.222. The molecule has 3 rings (SSSR count). The van der Waals surface area contributed by atoms with Crippen LogP contribution < -0.4 is 9.47 Å². The summed E-state index contributed by atoms with van der Waals surface area (Å²) in [5.41, 5.74) is 2.29. The summed E-state index contributed by atoms with van der Waals surface area (Å²) >= 11 is 0. The summed E-state index contributed by atoms with van der Waals surface area (Å²) in [6.45, 7) is 1.66. The zero-order valence-electron chi connectivity index (χ0n) is 14.7. The molecule has 0 saturated heterocycles. The summed E-state index contributed by atoms with van der Waals surface area (Å²) in [4.78, 5) is 26.5. The van der Waals surface area contributed by atoms with Gasteiger partial charge in [0.05, 0.1) is 17.7 Å². The molecule has 27 heavy (non-hydrogen) atoms. The number of carbonyl (C=O) groups excluding carboxylic acids is 1. The quantitative estimate of drug-likeness (QED) is 0.357. The minimum absolute atomic E-state index is 0.0203. The molecule has 0 fully saturated rings. The fourth-order valence-electron chi connectivity index (χ4n) is 2.46. The number of rotatable bonds is 7. The maximum absolute atomic E-state index is 11.9. The SMILES string of the molecule is COc1cc(OCC(=O)OCc2cn3cc(C)ccc3n2)ccc1[N+](=O)[O-]. The molecule has 9 heteroatoms. The van der Waals surface area contributed by atoms with E-state index in [9.17, 15) is 14.9 Å². The van der Waals surface area contributed by atoms with Crippen molar-refractivity contribution >= 4 is 17.3 Å². The van der Waals surface area contributed by atoms with Crippen molar-refractivity contribution in [1.29, 1.82) is 0 Å². The Kier molecular flexibility index (Phi) is 5.20. The molecule has 2 aromatic heterocycles. The Labute approximate surface area is 154 Å². The van der Waals surface area contributed by atoms with E-state index in [1.165, 1.54) is 25.3 Å². The monoisotopic (exact) mass is 371 g/mol. The maximum atomic E-state index is 11.9. The number of esters is 1. The Morgan fingerprint density at radius 3 is 2.81 bits per heavy atom. The number of hydrogen-bond donors (Lipinski definition) is 0. The van der Waals surface area contributed by atoms with Crippen LogP contribution in [0.25, 0.3) is 5.65 Å². The van der Waals surface area contributed by atoms with Crippen LogP contribution in [-0.2, 0) is 16.1 Å². The molecule has 3 aromatic rings. The first kappa shape index (κ1) is 18.2. The van der Waals surface area contributed by atoms with Crippen LogP contribution in [0.3, 0.4) is 0 Å². The van der Waals surface area contributed by atoms with Crippen molar-refractivity contribution in [3.05, 3.63) is 64.1 Å². The predicted molar refractivity (Wildman–Crippen MR) is 94.9 cm³/mol. The van der Waals surface area contributed by atoms with Gasteiger partial charge in [-0.15, -0.1) is 0 Å². The topological polar surface area (TPSA) is 105 Å². The summed E-state index contributed by atoms with van der Waals surface area (Å²) in [6, 6.07) is 7.81. The maximum Gasteiger partial charge on any atom is 0.344 e. The van der Waals surface area contributed by atoms with E-state index in [0.717, 1.165) is 11.2 Å². The van der Waals surface area contributed by atoms with E-state index < -0.39 is 10.9 Å². The smallest absolute Gasteiger partial charge is 0.344 e. The second-order valence-electron chi connectivity index (χ2n) is 5.74. The van der Waals surface area contributed by atoms with Crippen molar-refractivity contribution < 1.29 is 23.9 Å². The number of nitrogens with zero attached hydrogens (tertiary/aromatic N) is 3. The van der Waals surface area contributed by atoms with Gasteiger partial charge in [0.1, 0.15) is 18.0 Å². The lowest BCUT2D eigenvalue weighted by atomic mass is 10.3. The third-order valence-electron chi connectivity index (χ3n) is 3.73. The van der Waals surface area contributed by atoms with Crippen molar-refractivity contribution in [2.24, 2.45) is 0 Å². The summed E-state index contributed by atoms with van der Waals surface area (Å²) in [7, 11) is 1.32. The first-order valence-electron chi connectivity index (χ1n) is 8.01. The molecule has 0 radical (unpaired) electrons. The number of methoxy groups -OCH3 is 1. The van der Waals surface area contributed by atoms with Gasteiger partial charge in [-0.2, -0.15) is 0 Å². The van der Waals surface area contributed by atoms with E-state index in [-0.39, 0.29) is 30.4 Å². The molecule has 0 unspecified atom stereocenters.